The minimum atomic E-state index is -0.355. The molecule has 1 fully saturated rings. The third kappa shape index (κ3) is 3.37. The van der Waals surface area contributed by atoms with Crippen LogP contribution in [0.4, 0.5) is 0 Å². The van der Waals surface area contributed by atoms with E-state index in [2.05, 4.69) is 5.16 Å². The van der Waals surface area contributed by atoms with E-state index in [4.69, 9.17) is 9.26 Å². The molecule has 0 aliphatic heterocycles. The maximum absolute atomic E-state index is 12.4. The summed E-state index contributed by atoms with van der Waals surface area (Å²) in [5.74, 6) is 0.226. The number of aryl methyl sites for hydroxylation is 2. The molecule has 0 saturated heterocycles. The molecule has 110 valence electrons. The van der Waals surface area contributed by atoms with E-state index in [0.29, 0.717) is 12.4 Å². The highest BCUT2D eigenvalue weighted by Crippen LogP contribution is 2.28. The predicted octanol–water partition coefficient (Wildman–Crippen LogP) is 1.39. The fourth-order valence-electron chi connectivity index (χ4n) is 2.16. The lowest BCUT2D eigenvalue weighted by atomic mass is 10.1. The van der Waals surface area contributed by atoms with Crippen molar-refractivity contribution in [2.45, 2.75) is 46.1 Å². The zero-order valence-corrected chi connectivity index (χ0v) is 12.1. The van der Waals surface area contributed by atoms with Gasteiger partial charge in [0.15, 0.2) is 0 Å². The van der Waals surface area contributed by atoms with Crippen LogP contribution in [0.3, 0.4) is 0 Å². The Hall–Kier alpha value is -1.85. The van der Waals surface area contributed by atoms with E-state index in [1.54, 1.807) is 18.7 Å². The normalized spacial score (nSPS) is 14.2. The van der Waals surface area contributed by atoms with Gasteiger partial charge in [0.05, 0.1) is 18.7 Å². The minimum Gasteiger partial charge on any atom is -0.465 e. The Morgan fingerprint density at radius 1 is 1.40 bits per heavy atom. The van der Waals surface area contributed by atoms with Gasteiger partial charge in [0.2, 0.25) is 5.91 Å². The summed E-state index contributed by atoms with van der Waals surface area (Å²) in [6, 6.07) is 0.173. The van der Waals surface area contributed by atoms with Crippen molar-refractivity contribution in [2.75, 3.05) is 13.2 Å². The number of carbonyl (C=O) groups excluding carboxylic acids is 2. The molecule has 1 aliphatic rings. The molecule has 1 aliphatic carbocycles. The van der Waals surface area contributed by atoms with Gasteiger partial charge < -0.3 is 14.2 Å². The fraction of sp³-hybridized carbons (Fsp3) is 0.643. The van der Waals surface area contributed by atoms with Crippen molar-refractivity contribution in [3.05, 3.63) is 17.0 Å². The number of ether oxygens (including phenoxy) is 1. The third-order valence-corrected chi connectivity index (χ3v) is 3.42. The monoisotopic (exact) mass is 280 g/mol. The smallest absolute Gasteiger partial charge is 0.325 e. The zero-order valence-electron chi connectivity index (χ0n) is 12.1. The molecule has 1 heterocycles. The summed E-state index contributed by atoms with van der Waals surface area (Å²) < 4.78 is 9.98. The first-order valence-corrected chi connectivity index (χ1v) is 6.89. The summed E-state index contributed by atoms with van der Waals surface area (Å²) in [4.78, 5) is 25.6. The molecule has 6 nitrogen and oxygen atoms in total. The van der Waals surface area contributed by atoms with E-state index in [0.717, 1.165) is 24.1 Å². The quantitative estimate of drug-likeness (QED) is 0.736. The standard InChI is InChI=1S/C14H20N2O4/c1-4-19-14(18)8-16(11-5-6-11)13(17)7-12-9(2)15-20-10(12)3/h11H,4-8H2,1-3H3. The van der Waals surface area contributed by atoms with Gasteiger partial charge in [-0.05, 0) is 33.6 Å². The second-order valence-electron chi connectivity index (χ2n) is 5.04. The number of rotatable bonds is 6. The van der Waals surface area contributed by atoms with Gasteiger partial charge in [-0.3, -0.25) is 9.59 Å². The number of hydrogen-bond acceptors (Lipinski definition) is 5. The Morgan fingerprint density at radius 2 is 2.10 bits per heavy atom. The Bertz CT molecular complexity index is 486. The Labute approximate surface area is 118 Å². The lowest BCUT2D eigenvalue weighted by molar-refractivity contribution is -0.149. The van der Waals surface area contributed by atoms with E-state index in [1.807, 2.05) is 6.92 Å². The molecule has 6 heteroatoms. The highest BCUT2D eigenvalue weighted by atomic mass is 16.5. The first-order chi connectivity index (χ1) is 9.52. The molecular weight excluding hydrogens is 260 g/mol. The molecule has 0 bridgehead atoms. The molecule has 0 atom stereocenters. The molecule has 2 rings (SSSR count). The molecular formula is C14H20N2O4. The molecule has 0 unspecified atom stereocenters. The van der Waals surface area contributed by atoms with Gasteiger partial charge in [0.25, 0.3) is 0 Å². The average Bonchev–Trinajstić information content (AvgIpc) is 3.19. The molecule has 1 amide bonds. The van der Waals surface area contributed by atoms with Crippen LogP contribution >= 0.6 is 0 Å². The van der Waals surface area contributed by atoms with E-state index in [-0.39, 0.29) is 30.9 Å². The van der Waals surface area contributed by atoms with Crippen molar-refractivity contribution in [1.82, 2.24) is 10.1 Å². The van der Waals surface area contributed by atoms with E-state index in [9.17, 15) is 9.59 Å². The second-order valence-corrected chi connectivity index (χ2v) is 5.04. The number of carbonyl (C=O) groups is 2. The molecule has 0 aromatic carbocycles. The molecule has 1 aromatic heterocycles. The maximum atomic E-state index is 12.4. The number of hydrogen-bond donors (Lipinski definition) is 0. The van der Waals surface area contributed by atoms with E-state index >= 15 is 0 Å². The van der Waals surface area contributed by atoms with Crippen molar-refractivity contribution in [3.8, 4) is 0 Å². The van der Waals surface area contributed by atoms with Gasteiger partial charge in [-0.1, -0.05) is 5.16 Å². The van der Waals surface area contributed by atoms with Crippen molar-refractivity contribution < 1.29 is 18.8 Å². The summed E-state index contributed by atoms with van der Waals surface area (Å²) in [6.45, 7) is 5.71. The van der Waals surface area contributed by atoms with Crippen LogP contribution in [0.5, 0.6) is 0 Å². The summed E-state index contributed by atoms with van der Waals surface area (Å²) in [5.41, 5.74) is 1.53. The van der Waals surface area contributed by atoms with Crippen LogP contribution in [0.25, 0.3) is 0 Å². The highest BCUT2D eigenvalue weighted by molar-refractivity contribution is 5.84. The molecule has 0 spiro atoms. The Kier molecular flexibility index (Phi) is 4.42. The number of aromatic nitrogens is 1. The number of nitrogens with zero attached hydrogens (tertiary/aromatic N) is 2. The third-order valence-electron chi connectivity index (χ3n) is 3.42. The van der Waals surface area contributed by atoms with Gasteiger partial charge in [-0.25, -0.2) is 0 Å². The minimum absolute atomic E-state index is 0.0285. The van der Waals surface area contributed by atoms with Gasteiger partial charge in [-0.2, -0.15) is 0 Å². The second kappa shape index (κ2) is 6.07. The van der Waals surface area contributed by atoms with E-state index in [1.165, 1.54) is 0 Å². The summed E-state index contributed by atoms with van der Waals surface area (Å²) in [6.07, 6.45) is 2.12. The van der Waals surface area contributed by atoms with Crippen LogP contribution in [0.15, 0.2) is 4.52 Å². The number of esters is 1. The SMILES string of the molecule is CCOC(=O)CN(C(=O)Cc1c(C)noc1C)C1CC1. The van der Waals surface area contributed by atoms with Crippen LogP contribution in [0.1, 0.15) is 36.8 Å². The van der Waals surface area contributed by atoms with E-state index < -0.39 is 0 Å². The largest absolute Gasteiger partial charge is 0.465 e. The summed E-state index contributed by atoms with van der Waals surface area (Å²) >= 11 is 0. The van der Waals surface area contributed by atoms with Gasteiger partial charge in [0.1, 0.15) is 12.3 Å². The van der Waals surface area contributed by atoms with Crippen molar-refractivity contribution in [3.63, 3.8) is 0 Å². The lowest BCUT2D eigenvalue weighted by Crippen LogP contribution is -2.39. The van der Waals surface area contributed by atoms with Crippen LogP contribution in [-0.4, -0.2) is 41.1 Å². The number of amides is 1. The van der Waals surface area contributed by atoms with Gasteiger partial charge in [0, 0.05) is 11.6 Å². The predicted molar refractivity (Wildman–Crippen MR) is 71.0 cm³/mol. The van der Waals surface area contributed by atoms with Gasteiger partial charge in [-0.15, -0.1) is 0 Å². The van der Waals surface area contributed by atoms with Gasteiger partial charge >= 0.3 is 5.97 Å². The summed E-state index contributed by atoms with van der Waals surface area (Å²) in [5, 5.41) is 3.84. The first-order valence-electron chi connectivity index (χ1n) is 6.89. The van der Waals surface area contributed by atoms with Crippen LogP contribution < -0.4 is 0 Å². The maximum Gasteiger partial charge on any atom is 0.325 e. The summed E-state index contributed by atoms with van der Waals surface area (Å²) in [7, 11) is 0. The lowest BCUT2D eigenvalue weighted by Gasteiger charge is -2.21. The first kappa shape index (κ1) is 14.6. The van der Waals surface area contributed by atoms with Crippen molar-refractivity contribution in [1.29, 1.82) is 0 Å². The molecule has 1 aromatic rings. The topological polar surface area (TPSA) is 72.6 Å². The average molecular weight is 280 g/mol. The van der Waals surface area contributed by atoms with Crippen molar-refractivity contribution in [2.24, 2.45) is 0 Å². The van der Waals surface area contributed by atoms with Crippen molar-refractivity contribution >= 4 is 11.9 Å². The molecule has 0 radical (unpaired) electrons. The molecule has 20 heavy (non-hydrogen) atoms. The van der Waals surface area contributed by atoms with Crippen LogP contribution in [0.2, 0.25) is 0 Å². The highest BCUT2D eigenvalue weighted by Gasteiger charge is 2.34. The fourth-order valence-corrected chi connectivity index (χ4v) is 2.16. The zero-order chi connectivity index (χ0) is 14.7. The molecule has 0 N–H and O–H groups in total. The van der Waals surface area contributed by atoms with Crippen LogP contribution in [0, 0.1) is 13.8 Å². The Balaban J connectivity index is 2.02. The van der Waals surface area contributed by atoms with Crippen LogP contribution in [-0.2, 0) is 20.7 Å². The Morgan fingerprint density at radius 3 is 2.60 bits per heavy atom. The molecule has 1 saturated carbocycles.